The summed E-state index contributed by atoms with van der Waals surface area (Å²) in [7, 11) is 1.59. The number of hydrogen-bond acceptors (Lipinski definition) is 5. The Morgan fingerprint density at radius 3 is 2.78 bits per heavy atom. The van der Waals surface area contributed by atoms with E-state index >= 15 is 0 Å². The van der Waals surface area contributed by atoms with Crippen LogP contribution in [0.3, 0.4) is 0 Å². The summed E-state index contributed by atoms with van der Waals surface area (Å²) in [6.45, 7) is 3.67. The maximum absolute atomic E-state index is 14.7. The number of anilines is 1. The second kappa shape index (κ2) is 7.96. The highest BCUT2D eigenvalue weighted by atomic mass is 32.2. The van der Waals surface area contributed by atoms with Gasteiger partial charge in [0.05, 0.1) is 22.9 Å². The van der Waals surface area contributed by atoms with Gasteiger partial charge in [-0.1, -0.05) is 18.9 Å². The van der Waals surface area contributed by atoms with E-state index in [9.17, 15) is 13.6 Å². The fraction of sp³-hybridized carbons (Fsp3) is 0.263. The zero-order valence-electron chi connectivity index (χ0n) is 15.2. The van der Waals surface area contributed by atoms with Gasteiger partial charge in [-0.25, -0.2) is 13.8 Å². The summed E-state index contributed by atoms with van der Waals surface area (Å²) < 4.78 is 38.7. The molecule has 0 saturated carbocycles. The number of ether oxygens (including phenoxy) is 1. The highest BCUT2D eigenvalue weighted by Gasteiger charge is 2.18. The number of halogens is 2. The van der Waals surface area contributed by atoms with Gasteiger partial charge in [0.15, 0.2) is 11.6 Å². The van der Waals surface area contributed by atoms with Gasteiger partial charge in [0.2, 0.25) is 5.75 Å². The Balaban J connectivity index is 2.02. The molecule has 0 unspecified atom stereocenters. The summed E-state index contributed by atoms with van der Waals surface area (Å²) >= 11 is 1.33. The Morgan fingerprint density at radius 2 is 2.04 bits per heavy atom. The average molecular weight is 391 g/mol. The Hall–Kier alpha value is -2.61. The van der Waals surface area contributed by atoms with Crippen LogP contribution in [0.4, 0.5) is 14.5 Å². The number of benzene rings is 2. The summed E-state index contributed by atoms with van der Waals surface area (Å²) in [5, 5.41) is 0.353. The van der Waals surface area contributed by atoms with E-state index in [0.717, 1.165) is 18.2 Å². The van der Waals surface area contributed by atoms with Crippen molar-refractivity contribution < 1.29 is 13.5 Å². The van der Waals surface area contributed by atoms with Gasteiger partial charge in [0, 0.05) is 18.4 Å². The highest BCUT2D eigenvalue weighted by molar-refractivity contribution is 8.00. The molecule has 3 rings (SSSR count). The predicted molar refractivity (Wildman–Crippen MR) is 105 cm³/mol. The summed E-state index contributed by atoms with van der Waals surface area (Å²) in [5.74, 6) is -1.18. The van der Waals surface area contributed by atoms with Crippen LogP contribution in [0.1, 0.15) is 18.9 Å². The number of nitrogens with one attached hydrogen (secondary N) is 1. The average Bonchev–Trinajstić information content (AvgIpc) is 2.65. The van der Waals surface area contributed by atoms with Crippen LogP contribution in [0.15, 0.2) is 35.4 Å². The first-order valence-corrected chi connectivity index (χ1v) is 9.41. The van der Waals surface area contributed by atoms with Crippen molar-refractivity contribution in [1.29, 1.82) is 0 Å². The SMILES string of the molecule is CCCSNc1ccc(F)c(Oc2ccc3ncn(C)c(=O)c3c2C)c1F. The van der Waals surface area contributed by atoms with Crippen molar-refractivity contribution in [3.63, 3.8) is 0 Å². The van der Waals surface area contributed by atoms with Crippen molar-refractivity contribution in [3.05, 3.63) is 58.1 Å². The monoisotopic (exact) mass is 391 g/mol. The van der Waals surface area contributed by atoms with Crippen molar-refractivity contribution in [2.75, 3.05) is 10.5 Å². The van der Waals surface area contributed by atoms with Gasteiger partial charge in [-0.3, -0.25) is 4.79 Å². The van der Waals surface area contributed by atoms with Gasteiger partial charge >= 0.3 is 0 Å². The first kappa shape index (κ1) is 19.2. The number of nitrogens with zero attached hydrogens (tertiary/aromatic N) is 2. The van der Waals surface area contributed by atoms with E-state index in [1.165, 1.54) is 28.9 Å². The molecule has 0 radical (unpaired) electrons. The van der Waals surface area contributed by atoms with E-state index in [4.69, 9.17) is 4.74 Å². The fourth-order valence-corrected chi connectivity index (χ4v) is 3.21. The maximum atomic E-state index is 14.7. The number of hydrogen-bond donors (Lipinski definition) is 1. The van der Waals surface area contributed by atoms with Crippen LogP contribution < -0.4 is 15.0 Å². The first-order valence-electron chi connectivity index (χ1n) is 8.42. The second-order valence-corrected chi connectivity index (χ2v) is 6.94. The molecule has 0 aliphatic heterocycles. The lowest BCUT2D eigenvalue weighted by Crippen LogP contribution is -2.18. The van der Waals surface area contributed by atoms with E-state index in [1.54, 1.807) is 26.1 Å². The van der Waals surface area contributed by atoms with E-state index in [0.29, 0.717) is 16.5 Å². The molecule has 8 heteroatoms. The van der Waals surface area contributed by atoms with E-state index in [2.05, 4.69) is 9.71 Å². The van der Waals surface area contributed by atoms with Crippen molar-refractivity contribution in [2.45, 2.75) is 20.3 Å². The normalized spacial score (nSPS) is 11.0. The molecule has 0 saturated heterocycles. The Kier molecular flexibility index (Phi) is 5.65. The van der Waals surface area contributed by atoms with E-state index in [-0.39, 0.29) is 17.0 Å². The Bertz CT molecular complexity index is 1050. The Morgan fingerprint density at radius 1 is 1.26 bits per heavy atom. The molecule has 2 aromatic carbocycles. The molecular formula is C19H19F2N3O2S. The molecule has 1 aromatic heterocycles. The van der Waals surface area contributed by atoms with Crippen LogP contribution in [0.5, 0.6) is 11.5 Å². The number of rotatable bonds is 6. The summed E-state index contributed by atoms with van der Waals surface area (Å²) in [5.41, 5.74) is 0.852. The third kappa shape index (κ3) is 3.75. The molecule has 142 valence electrons. The topological polar surface area (TPSA) is 56.1 Å². The van der Waals surface area contributed by atoms with Gasteiger partial charge in [-0.15, -0.1) is 0 Å². The maximum Gasteiger partial charge on any atom is 0.261 e. The smallest absolute Gasteiger partial charge is 0.261 e. The van der Waals surface area contributed by atoms with E-state index in [1.807, 2.05) is 6.92 Å². The van der Waals surface area contributed by atoms with Crippen molar-refractivity contribution >= 4 is 28.5 Å². The quantitative estimate of drug-likeness (QED) is 0.484. The highest BCUT2D eigenvalue weighted by Crippen LogP contribution is 2.35. The lowest BCUT2D eigenvalue weighted by molar-refractivity contribution is 0.407. The predicted octanol–water partition coefficient (Wildman–Crippen LogP) is 4.78. The van der Waals surface area contributed by atoms with Crippen molar-refractivity contribution in [3.8, 4) is 11.5 Å². The van der Waals surface area contributed by atoms with Crippen molar-refractivity contribution in [2.24, 2.45) is 7.05 Å². The lowest BCUT2D eigenvalue weighted by Gasteiger charge is -2.14. The van der Waals surface area contributed by atoms with Gasteiger partial charge in [0.25, 0.3) is 5.56 Å². The minimum atomic E-state index is -0.822. The largest absolute Gasteiger partial charge is 0.451 e. The van der Waals surface area contributed by atoms with Crippen LogP contribution in [0, 0.1) is 18.6 Å². The lowest BCUT2D eigenvalue weighted by atomic mass is 10.1. The summed E-state index contributed by atoms with van der Waals surface area (Å²) in [6.07, 6.45) is 2.34. The molecule has 1 N–H and O–H groups in total. The standard InChI is InChI=1S/C19H19F2N3O2S/c1-4-9-27-23-14-6-5-12(20)18(17(14)21)26-15-8-7-13-16(11(15)2)19(25)24(3)10-22-13/h5-8,10,23H,4,9H2,1-3H3. The van der Waals surface area contributed by atoms with Gasteiger partial charge in [-0.2, -0.15) is 0 Å². The summed E-state index contributed by atoms with van der Waals surface area (Å²) in [6, 6.07) is 5.61. The second-order valence-electron chi connectivity index (χ2n) is 6.03. The molecule has 5 nitrogen and oxygen atoms in total. The molecule has 27 heavy (non-hydrogen) atoms. The molecular weight excluding hydrogens is 372 g/mol. The van der Waals surface area contributed by atoms with Gasteiger partial charge in [0.1, 0.15) is 5.75 Å². The molecule has 0 aliphatic carbocycles. The third-order valence-electron chi connectivity index (χ3n) is 4.05. The Labute approximate surface area is 159 Å². The first-order chi connectivity index (χ1) is 12.9. The van der Waals surface area contributed by atoms with Gasteiger partial charge < -0.3 is 14.0 Å². The number of fused-ring (bicyclic) bond motifs is 1. The molecule has 0 fully saturated rings. The third-order valence-corrected chi connectivity index (χ3v) is 5.02. The molecule has 0 spiro atoms. The molecule has 3 aromatic rings. The van der Waals surface area contributed by atoms with Crippen LogP contribution in [-0.4, -0.2) is 15.3 Å². The molecule has 0 aliphatic rings. The minimum absolute atomic E-state index is 0.140. The number of aryl methyl sites for hydroxylation is 2. The summed E-state index contributed by atoms with van der Waals surface area (Å²) in [4.78, 5) is 16.6. The van der Waals surface area contributed by atoms with Crippen LogP contribution in [0.25, 0.3) is 10.9 Å². The molecule has 1 heterocycles. The zero-order valence-corrected chi connectivity index (χ0v) is 16.0. The van der Waals surface area contributed by atoms with Crippen LogP contribution in [-0.2, 0) is 7.05 Å². The zero-order chi connectivity index (χ0) is 19.6. The molecule has 0 bridgehead atoms. The van der Waals surface area contributed by atoms with Gasteiger partial charge in [-0.05, 0) is 37.6 Å². The van der Waals surface area contributed by atoms with Crippen LogP contribution in [0.2, 0.25) is 0 Å². The minimum Gasteiger partial charge on any atom is -0.451 e. The van der Waals surface area contributed by atoms with Crippen LogP contribution >= 0.6 is 11.9 Å². The number of aromatic nitrogens is 2. The molecule has 0 amide bonds. The van der Waals surface area contributed by atoms with E-state index < -0.39 is 17.4 Å². The molecule has 0 atom stereocenters. The van der Waals surface area contributed by atoms with Crippen molar-refractivity contribution in [1.82, 2.24) is 9.55 Å². The fourth-order valence-electron chi connectivity index (χ4n) is 2.59.